The minimum Gasteiger partial charge on any atom is -0.357 e. The van der Waals surface area contributed by atoms with E-state index < -0.39 is 0 Å². The lowest BCUT2D eigenvalue weighted by atomic mass is 10.2. The zero-order chi connectivity index (χ0) is 17.6. The average Bonchev–Trinajstić information content (AvgIpc) is 3.25. The van der Waals surface area contributed by atoms with E-state index >= 15 is 0 Å². The number of amides is 1. The molecule has 26 heavy (non-hydrogen) atoms. The first kappa shape index (κ1) is 20.5. The molecule has 2 aromatic rings. The highest BCUT2D eigenvalue weighted by atomic mass is 127. The maximum Gasteiger partial charge on any atom is 0.222 e. The maximum atomic E-state index is 11.8. The van der Waals surface area contributed by atoms with Crippen molar-refractivity contribution in [2.75, 3.05) is 19.6 Å². The SMILES string of the molecule is CCNC(=NCc1cc2ccccc2[nH]1)NC1CCN(C(=O)CC)C1.I. The smallest absolute Gasteiger partial charge is 0.222 e. The number of hydrogen-bond donors (Lipinski definition) is 3. The van der Waals surface area contributed by atoms with Gasteiger partial charge in [-0.2, -0.15) is 0 Å². The molecule has 0 aliphatic carbocycles. The van der Waals surface area contributed by atoms with Crippen LogP contribution < -0.4 is 10.6 Å². The average molecular weight is 469 g/mol. The van der Waals surface area contributed by atoms with Crippen molar-refractivity contribution in [1.82, 2.24) is 20.5 Å². The molecule has 0 spiro atoms. The van der Waals surface area contributed by atoms with Gasteiger partial charge >= 0.3 is 0 Å². The first-order valence-electron chi connectivity index (χ1n) is 9.08. The summed E-state index contributed by atoms with van der Waals surface area (Å²) in [7, 11) is 0. The predicted molar refractivity (Wildman–Crippen MR) is 117 cm³/mol. The number of hydrogen-bond acceptors (Lipinski definition) is 2. The lowest BCUT2D eigenvalue weighted by Gasteiger charge is -2.18. The molecule has 1 atom stereocenters. The number of aromatic amines is 1. The number of carbonyl (C=O) groups is 1. The van der Waals surface area contributed by atoms with Crippen molar-refractivity contribution < 1.29 is 4.79 Å². The second-order valence-corrected chi connectivity index (χ2v) is 6.40. The number of halogens is 1. The lowest BCUT2D eigenvalue weighted by Crippen LogP contribution is -2.45. The fraction of sp³-hybridized carbons (Fsp3) is 0.474. The van der Waals surface area contributed by atoms with Gasteiger partial charge in [-0.05, 0) is 30.9 Å². The van der Waals surface area contributed by atoms with Gasteiger partial charge in [-0.1, -0.05) is 25.1 Å². The van der Waals surface area contributed by atoms with E-state index in [0.29, 0.717) is 13.0 Å². The van der Waals surface area contributed by atoms with Crippen LogP contribution in [0.15, 0.2) is 35.3 Å². The van der Waals surface area contributed by atoms with Crippen molar-refractivity contribution >= 4 is 46.7 Å². The Kier molecular flexibility index (Phi) is 7.74. The molecule has 7 heteroatoms. The van der Waals surface area contributed by atoms with Crippen molar-refractivity contribution in [2.24, 2.45) is 4.99 Å². The number of nitrogens with zero attached hydrogens (tertiary/aromatic N) is 2. The highest BCUT2D eigenvalue weighted by molar-refractivity contribution is 14.0. The molecule has 6 nitrogen and oxygen atoms in total. The van der Waals surface area contributed by atoms with Gasteiger partial charge in [0.25, 0.3) is 0 Å². The quantitative estimate of drug-likeness (QED) is 0.358. The third kappa shape index (κ3) is 5.12. The molecule has 2 heterocycles. The number of fused-ring (bicyclic) bond motifs is 1. The van der Waals surface area contributed by atoms with Crippen LogP contribution in [0.1, 0.15) is 32.4 Å². The molecule has 1 fully saturated rings. The van der Waals surface area contributed by atoms with Crippen molar-refractivity contribution in [1.29, 1.82) is 0 Å². The molecule has 1 amide bonds. The fourth-order valence-electron chi connectivity index (χ4n) is 3.22. The van der Waals surface area contributed by atoms with E-state index in [0.717, 1.165) is 43.2 Å². The van der Waals surface area contributed by atoms with Crippen LogP contribution >= 0.6 is 24.0 Å². The van der Waals surface area contributed by atoms with E-state index in [1.165, 1.54) is 5.39 Å². The number of benzene rings is 1. The van der Waals surface area contributed by atoms with Crippen molar-refractivity contribution in [3.8, 4) is 0 Å². The molecule has 3 N–H and O–H groups in total. The van der Waals surface area contributed by atoms with Gasteiger partial charge < -0.3 is 20.5 Å². The summed E-state index contributed by atoms with van der Waals surface area (Å²) in [6.07, 6.45) is 1.53. The molecule has 0 bridgehead atoms. The summed E-state index contributed by atoms with van der Waals surface area (Å²) in [6.45, 7) is 6.95. The number of carbonyl (C=O) groups excluding carboxylic acids is 1. The second kappa shape index (κ2) is 9.80. The zero-order valence-corrected chi connectivity index (χ0v) is 17.7. The number of rotatable bonds is 5. The Morgan fingerprint density at radius 1 is 1.35 bits per heavy atom. The minimum atomic E-state index is 0. The Labute approximate surface area is 171 Å². The standard InChI is InChI=1S/C19H27N5O.HI/c1-3-18(25)24-10-9-15(13-24)23-19(20-4-2)21-12-16-11-14-7-5-6-8-17(14)22-16;/h5-8,11,15,22H,3-4,9-10,12-13H2,1-2H3,(H2,20,21,23);1H. The molecule has 1 aromatic carbocycles. The predicted octanol–water partition coefficient (Wildman–Crippen LogP) is 2.85. The normalized spacial score (nSPS) is 17.2. The molecule has 0 saturated carbocycles. The third-order valence-corrected chi connectivity index (χ3v) is 4.52. The molecule has 3 rings (SSSR count). The van der Waals surface area contributed by atoms with Gasteiger partial charge in [0.1, 0.15) is 0 Å². The Balaban J connectivity index is 0.00000243. The van der Waals surface area contributed by atoms with Gasteiger partial charge in [0.05, 0.1) is 6.54 Å². The highest BCUT2D eigenvalue weighted by Crippen LogP contribution is 2.15. The lowest BCUT2D eigenvalue weighted by molar-refractivity contribution is -0.129. The topological polar surface area (TPSA) is 72.5 Å². The summed E-state index contributed by atoms with van der Waals surface area (Å²) in [6, 6.07) is 10.6. The Hall–Kier alpha value is -1.77. The molecule has 1 aliphatic rings. The number of para-hydroxylation sites is 1. The Bertz CT molecular complexity index is 724. The Morgan fingerprint density at radius 2 is 2.15 bits per heavy atom. The largest absolute Gasteiger partial charge is 0.357 e. The van der Waals surface area contributed by atoms with Gasteiger partial charge in [-0.15, -0.1) is 24.0 Å². The summed E-state index contributed by atoms with van der Waals surface area (Å²) < 4.78 is 0. The molecule has 0 radical (unpaired) electrons. The first-order chi connectivity index (χ1) is 12.2. The van der Waals surface area contributed by atoms with E-state index in [1.807, 2.05) is 24.0 Å². The number of nitrogens with one attached hydrogen (secondary N) is 3. The Morgan fingerprint density at radius 3 is 2.88 bits per heavy atom. The number of aromatic nitrogens is 1. The number of guanidine groups is 1. The summed E-state index contributed by atoms with van der Waals surface area (Å²) in [5.41, 5.74) is 2.22. The van der Waals surface area contributed by atoms with E-state index in [1.54, 1.807) is 0 Å². The molecular formula is C19H28IN5O. The van der Waals surface area contributed by atoms with Crippen LogP contribution in [0.2, 0.25) is 0 Å². The minimum absolute atomic E-state index is 0. The van der Waals surface area contributed by atoms with Gasteiger partial charge in [-0.25, -0.2) is 4.99 Å². The fourth-order valence-corrected chi connectivity index (χ4v) is 3.22. The summed E-state index contributed by atoms with van der Waals surface area (Å²) >= 11 is 0. The van der Waals surface area contributed by atoms with Crippen LogP contribution in [-0.2, 0) is 11.3 Å². The summed E-state index contributed by atoms with van der Waals surface area (Å²) in [4.78, 5) is 21.8. The summed E-state index contributed by atoms with van der Waals surface area (Å²) in [5.74, 6) is 1.03. The van der Waals surface area contributed by atoms with Gasteiger partial charge in [-0.3, -0.25) is 4.79 Å². The van der Waals surface area contributed by atoms with Crippen LogP contribution in [0.4, 0.5) is 0 Å². The van der Waals surface area contributed by atoms with E-state index in [9.17, 15) is 4.79 Å². The second-order valence-electron chi connectivity index (χ2n) is 6.40. The van der Waals surface area contributed by atoms with Crippen LogP contribution in [-0.4, -0.2) is 47.4 Å². The van der Waals surface area contributed by atoms with E-state index in [4.69, 9.17) is 4.99 Å². The van der Waals surface area contributed by atoms with E-state index in [2.05, 4.69) is 40.7 Å². The van der Waals surface area contributed by atoms with Gasteiger partial charge in [0.15, 0.2) is 5.96 Å². The van der Waals surface area contributed by atoms with Crippen LogP contribution in [0.5, 0.6) is 0 Å². The molecule has 1 unspecified atom stereocenters. The van der Waals surface area contributed by atoms with Gasteiger partial charge in [0.2, 0.25) is 5.91 Å². The maximum absolute atomic E-state index is 11.8. The first-order valence-corrected chi connectivity index (χ1v) is 9.08. The molecule has 1 aromatic heterocycles. The third-order valence-electron chi connectivity index (χ3n) is 4.52. The van der Waals surface area contributed by atoms with Crippen LogP contribution in [0, 0.1) is 0 Å². The zero-order valence-electron chi connectivity index (χ0n) is 15.4. The summed E-state index contributed by atoms with van der Waals surface area (Å²) in [5, 5.41) is 7.96. The van der Waals surface area contributed by atoms with Crippen molar-refractivity contribution in [3.63, 3.8) is 0 Å². The molecule has 1 aliphatic heterocycles. The van der Waals surface area contributed by atoms with Crippen molar-refractivity contribution in [2.45, 2.75) is 39.3 Å². The number of H-pyrrole nitrogens is 1. The van der Waals surface area contributed by atoms with Crippen LogP contribution in [0.25, 0.3) is 10.9 Å². The number of likely N-dealkylation sites (tertiary alicyclic amines) is 1. The monoisotopic (exact) mass is 469 g/mol. The molecule has 1 saturated heterocycles. The molecular weight excluding hydrogens is 441 g/mol. The van der Waals surface area contributed by atoms with E-state index in [-0.39, 0.29) is 35.9 Å². The van der Waals surface area contributed by atoms with Crippen molar-refractivity contribution in [3.05, 3.63) is 36.0 Å². The van der Waals surface area contributed by atoms with Gasteiger partial charge in [0, 0.05) is 43.3 Å². The molecule has 142 valence electrons. The van der Waals surface area contributed by atoms with Crippen LogP contribution in [0.3, 0.4) is 0 Å². The number of aliphatic imine (C=N–C) groups is 1. The highest BCUT2D eigenvalue weighted by Gasteiger charge is 2.25.